The van der Waals surface area contributed by atoms with Crippen LogP contribution in [0.15, 0.2) is 42.5 Å². The maximum absolute atomic E-state index is 12.5. The highest BCUT2D eigenvalue weighted by Gasteiger charge is 2.37. The van der Waals surface area contributed by atoms with Gasteiger partial charge in [-0.3, -0.25) is 14.5 Å². The van der Waals surface area contributed by atoms with E-state index in [1.165, 1.54) is 4.90 Å². The molecule has 2 aliphatic heterocycles. The van der Waals surface area contributed by atoms with Crippen LogP contribution < -0.4 is 15.4 Å². The van der Waals surface area contributed by atoms with E-state index >= 15 is 0 Å². The standard InChI is InChI=1S/C20H21N3O3/c1-20(2)12-22(16-8-7-13(21)11-17(16)26-20)9-10-23-18(24)14-5-3-4-6-15(14)19(23)25/h3-8,11H,9-10,12,21H2,1-2H3. The molecule has 2 aliphatic rings. The lowest BCUT2D eigenvalue weighted by Gasteiger charge is -2.41. The number of anilines is 2. The Morgan fingerprint density at radius 2 is 1.69 bits per heavy atom. The van der Waals surface area contributed by atoms with Crippen molar-refractivity contribution in [3.63, 3.8) is 0 Å². The summed E-state index contributed by atoms with van der Waals surface area (Å²) in [5.41, 5.74) is 8.02. The van der Waals surface area contributed by atoms with Crippen LogP contribution in [-0.2, 0) is 0 Å². The van der Waals surface area contributed by atoms with E-state index in [0.717, 1.165) is 11.4 Å². The number of imide groups is 1. The van der Waals surface area contributed by atoms with Crippen LogP contribution in [0.2, 0.25) is 0 Å². The zero-order chi connectivity index (χ0) is 18.5. The van der Waals surface area contributed by atoms with Crippen molar-refractivity contribution in [1.29, 1.82) is 0 Å². The summed E-state index contributed by atoms with van der Waals surface area (Å²) in [6.07, 6.45) is 0. The molecular formula is C20H21N3O3. The predicted molar refractivity (Wildman–Crippen MR) is 99.6 cm³/mol. The van der Waals surface area contributed by atoms with Crippen molar-refractivity contribution in [2.45, 2.75) is 19.4 Å². The van der Waals surface area contributed by atoms with Crippen LogP contribution in [0, 0.1) is 0 Å². The second-order valence-corrected chi connectivity index (χ2v) is 7.32. The number of carbonyl (C=O) groups is 2. The quantitative estimate of drug-likeness (QED) is 0.679. The third kappa shape index (κ3) is 2.67. The lowest BCUT2D eigenvalue weighted by Crippen LogP contribution is -2.49. The van der Waals surface area contributed by atoms with Crippen molar-refractivity contribution in [2.24, 2.45) is 0 Å². The zero-order valence-electron chi connectivity index (χ0n) is 14.9. The molecule has 0 fully saturated rings. The molecule has 0 unspecified atom stereocenters. The molecule has 2 amide bonds. The molecule has 0 spiro atoms. The molecule has 2 aromatic carbocycles. The molecule has 2 N–H and O–H groups in total. The Balaban J connectivity index is 1.56. The fourth-order valence-corrected chi connectivity index (χ4v) is 3.61. The van der Waals surface area contributed by atoms with Gasteiger partial charge >= 0.3 is 0 Å². The van der Waals surface area contributed by atoms with Crippen molar-refractivity contribution in [1.82, 2.24) is 4.90 Å². The Bertz CT molecular complexity index is 872. The summed E-state index contributed by atoms with van der Waals surface area (Å²) in [7, 11) is 0. The SMILES string of the molecule is CC1(C)CN(CCN2C(=O)c3ccccc3C2=O)c2ccc(N)cc2O1. The van der Waals surface area contributed by atoms with E-state index in [4.69, 9.17) is 10.5 Å². The van der Waals surface area contributed by atoms with Crippen LogP contribution in [-0.4, -0.2) is 41.9 Å². The Morgan fingerprint density at radius 3 is 2.35 bits per heavy atom. The fourth-order valence-electron chi connectivity index (χ4n) is 3.61. The number of hydrogen-bond acceptors (Lipinski definition) is 5. The third-order valence-electron chi connectivity index (χ3n) is 4.75. The minimum Gasteiger partial charge on any atom is -0.484 e. The molecular weight excluding hydrogens is 330 g/mol. The van der Waals surface area contributed by atoms with Crippen molar-refractivity contribution in [3.8, 4) is 5.75 Å². The van der Waals surface area contributed by atoms with Crippen LogP contribution in [0.3, 0.4) is 0 Å². The molecule has 26 heavy (non-hydrogen) atoms. The van der Waals surface area contributed by atoms with Crippen LogP contribution in [0.5, 0.6) is 5.75 Å². The van der Waals surface area contributed by atoms with Crippen molar-refractivity contribution < 1.29 is 14.3 Å². The van der Waals surface area contributed by atoms with E-state index in [9.17, 15) is 9.59 Å². The van der Waals surface area contributed by atoms with E-state index in [-0.39, 0.29) is 17.4 Å². The van der Waals surface area contributed by atoms with E-state index in [1.54, 1.807) is 24.3 Å². The van der Waals surface area contributed by atoms with Gasteiger partial charge in [-0.25, -0.2) is 0 Å². The van der Waals surface area contributed by atoms with Gasteiger partial charge in [-0.1, -0.05) is 12.1 Å². The lowest BCUT2D eigenvalue weighted by molar-refractivity contribution is 0.0654. The number of benzene rings is 2. The lowest BCUT2D eigenvalue weighted by atomic mass is 10.0. The maximum atomic E-state index is 12.5. The second kappa shape index (κ2) is 5.76. The summed E-state index contributed by atoms with van der Waals surface area (Å²) in [5, 5.41) is 0. The molecule has 0 atom stereocenters. The smallest absolute Gasteiger partial charge is 0.261 e. The number of amides is 2. The van der Waals surface area contributed by atoms with Gasteiger partial charge < -0.3 is 15.4 Å². The first-order valence-electron chi connectivity index (χ1n) is 8.64. The monoisotopic (exact) mass is 351 g/mol. The van der Waals surface area contributed by atoms with E-state index in [0.29, 0.717) is 36.4 Å². The van der Waals surface area contributed by atoms with Crippen molar-refractivity contribution in [3.05, 3.63) is 53.6 Å². The van der Waals surface area contributed by atoms with Gasteiger partial charge in [0.25, 0.3) is 11.8 Å². The summed E-state index contributed by atoms with van der Waals surface area (Å²) >= 11 is 0. The number of nitrogens with zero attached hydrogens (tertiary/aromatic N) is 2. The van der Waals surface area contributed by atoms with Gasteiger partial charge in [0.15, 0.2) is 0 Å². The second-order valence-electron chi connectivity index (χ2n) is 7.32. The topological polar surface area (TPSA) is 75.9 Å². The number of nitrogens with two attached hydrogens (primary N) is 1. The summed E-state index contributed by atoms with van der Waals surface area (Å²) in [6.45, 7) is 5.54. The molecule has 6 heteroatoms. The van der Waals surface area contributed by atoms with Gasteiger partial charge in [0.2, 0.25) is 0 Å². The van der Waals surface area contributed by atoms with Gasteiger partial charge in [0, 0.05) is 24.8 Å². The number of carbonyl (C=O) groups excluding carboxylic acids is 2. The third-order valence-corrected chi connectivity index (χ3v) is 4.75. The number of fused-ring (bicyclic) bond motifs is 2. The molecule has 0 aromatic heterocycles. The van der Waals surface area contributed by atoms with Crippen molar-refractivity contribution in [2.75, 3.05) is 30.3 Å². The highest BCUT2D eigenvalue weighted by Crippen LogP contribution is 2.38. The van der Waals surface area contributed by atoms with Gasteiger partial charge in [-0.2, -0.15) is 0 Å². The van der Waals surface area contributed by atoms with Gasteiger partial charge in [-0.15, -0.1) is 0 Å². The largest absolute Gasteiger partial charge is 0.484 e. The molecule has 4 rings (SSSR count). The van der Waals surface area contributed by atoms with E-state index in [1.807, 2.05) is 32.0 Å². The summed E-state index contributed by atoms with van der Waals surface area (Å²) < 4.78 is 6.03. The number of nitrogen functional groups attached to an aromatic ring is 1. The Kier molecular flexibility index (Phi) is 3.64. The summed E-state index contributed by atoms with van der Waals surface area (Å²) in [5.74, 6) is 0.273. The van der Waals surface area contributed by atoms with Crippen LogP contribution >= 0.6 is 0 Å². The molecule has 0 bridgehead atoms. The first-order chi connectivity index (χ1) is 12.4. The number of hydrogen-bond donors (Lipinski definition) is 1. The average molecular weight is 351 g/mol. The molecule has 0 aliphatic carbocycles. The first-order valence-corrected chi connectivity index (χ1v) is 8.64. The maximum Gasteiger partial charge on any atom is 0.261 e. The molecule has 0 radical (unpaired) electrons. The van der Waals surface area contributed by atoms with E-state index < -0.39 is 0 Å². The normalized spacial score (nSPS) is 17.8. The molecule has 0 saturated heterocycles. The Labute approximate surface area is 152 Å². The highest BCUT2D eigenvalue weighted by molar-refractivity contribution is 6.21. The van der Waals surface area contributed by atoms with Crippen LogP contribution in [0.4, 0.5) is 11.4 Å². The molecule has 0 saturated carbocycles. The predicted octanol–water partition coefficient (Wildman–Crippen LogP) is 2.54. The van der Waals surface area contributed by atoms with E-state index in [2.05, 4.69) is 4.90 Å². The Morgan fingerprint density at radius 1 is 1.04 bits per heavy atom. The summed E-state index contributed by atoms with van der Waals surface area (Å²) in [6, 6.07) is 12.5. The fraction of sp³-hybridized carbons (Fsp3) is 0.300. The number of rotatable bonds is 3. The minimum absolute atomic E-state index is 0.226. The molecule has 2 aromatic rings. The first kappa shape index (κ1) is 16.4. The molecule has 134 valence electrons. The van der Waals surface area contributed by atoms with Gasteiger partial charge in [-0.05, 0) is 38.1 Å². The van der Waals surface area contributed by atoms with Gasteiger partial charge in [0.05, 0.1) is 23.4 Å². The minimum atomic E-state index is -0.386. The van der Waals surface area contributed by atoms with Crippen LogP contribution in [0.25, 0.3) is 0 Å². The Hall–Kier alpha value is -3.02. The van der Waals surface area contributed by atoms with Crippen molar-refractivity contribution >= 4 is 23.2 Å². The average Bonchev–Trinajstić information content (AvgIpc) is 2.83. The molecule has 2 heterocycles. The summed E-state index contributed by atoms with van der Waals surface area (Å²) in [4.78, 5) is 28.5. The molecule has 6 nitrogen and oxygen atoms in total. The van der Waals surface area contributed by atoms with Gasteiger partial charge in [0.1, 0.15) is 11.4 Å². The number of ether oxygens (including phenoxy) is 1. The highest BCUT2D eigenvalue weighted by atomic mass is 16.5. The zero-order valence-corrected chi connectivity index (χ0v) is 14.9. The van der Waals surface area contributed by atoms with Crippen LogP contribution in [0.1, 0.15) is 34.6 Å².